The average Bonchev–Trinajstić information content (AvgIpc) is 2.72. The Balaban J connectivity index is 1.56. The number of fused-ring (bicyclic) bond motifs is 1. The molecular weight excluding hydrogens is 378 g/mol. The van der Waals surface area contributed by atoms with Gasteiger partial charge in [-0.25, -0.2) is 0 Å². The fourth-order valence-corrected chi connectivity index (χ4v) is 3.49. The number of para-hydroxylation sites is 1. The topological polar surface area (TPSA) is 94.6 Å². The molecule has 7 nitrogen and oxygen atoms in total. The molecule has 1 unspecified atom stereocenters. The maximum Gasteiger partial charge on any atom is 0.225 e. The minimum Gasteiger partial charge on any atom is -0.357 e. The number of nitrogens with one attached hydrogen (secondary N) is 4. The van der Waals surface area contributed by atoms with Crippen LogP contribution in [0.5, 0.6) is 0 Å². The van der Waals surface area contributed by atoms with Crippen LogP contribution in [0.1, 0.15) is 37.3 Å². The second kappa shape index (κ2) is 10.4. The monoisotopic (exact) mass is 407 g/mol. The first-order valence-corrected chi connectivity index (χ1v) is 10.3. The lowest BCUT2D eigenvalue weighted by Gasteiger charge is -2.24. The molecule has 1 aliphatic heterocycles. The lowest BCUT2D eigenvalue weighted by Crippen LogP contribution is -2.38. The Morgan fingerprint density at radius 1 is 1.13 bits per heavy atom. The third-order valence-electron chi connectivity index (χ3n) is 4.90. The molecule has 1 aliphatic rings. The van der Waals surface area contributed by atoms with Crippen LogP contribution >= 0.6 is 0 Å². The summed E-state index contributed by atoms with van der Waals surface area (Å²) < 4.78 is 0. The van der Waals surface area contributed by atoms with Crippen LogP contribution in [0.25, 0.3) is 0 Å². The number of guanidine groups is 1. The van der Waals surface area contributed by atoms with Crippen LogP contribution in [0.15, 0.2) is 53.5 Å². The molecule has 30 heavy (non-hydrogen) atoms. The number of aliphatic imine (C=N–C) groups is 1. The molecule has 1 atom stereocenters. The van der Waals surface area contributed by atoms with E-state index in [0.717, 1.165) is 42.4 Å². The number of hydrogen-bond donors (Lipinski definition) is 4. The minimum absolute atomic E-state index is 0.0366. The zero-order valence-corrected chi connectivity index (χ0v) is 17.5. The molecule has 0 saturated heterocycles. The highest BCUT2D eigenvalue weighted by Crippen LogP contribution is 2.31. The van der Waals surface area contributed by atoms with Crippen molar-refractivity contribution >= 4 is 29.1 Å². The van der Waals surface area contributed by atoms with Gasteiger partial charge in [0.1, 0.15) is 0 Å². The van der Waals surface area contributed by atoms with E-state index in [9.17, 15) is 9.59 Å². The zero-order chi connectivity index (χ0) is 21.3. The fraction of sp³-hybridized carbons (Fsp3) is 0.348. The molecule has 2 amide bonds. The summed E-state index contributed by atoms with van der Waals surface area (Å²) in [5, 5.41) is 12.3. The van der Waals surface area contributed by atoms with E-state index in [-0.39, 0.29) is 17.7 Å². The molecule has 3 rings (SSSR count). The molecule has 0 radical (unpaired) electrons. The molecule has 7 heteroatoms. The van der Waals surface area contributed by atoms with Crippen molar-refractivity contribution in [3.05, 3.63) is 59.7 Å². The second-order valence-electron chi connectivity index (χ2n) is 7.31. The van der Waals surface area contributed by atoms with Crippen LogP contribution in [0.2, 0.25) is 0 Å². The summed E-state index contributed by atoms with van der Waals surface area (Å²) in [7, 11) is 0. The van der Waals surface area contributed by atoms with Gasteiger partial charge in [-0.3, -0.25) is 14.6 Å². The second-order valence-corrected chi connectivity index (χ2v) is 7.31. The Morgan fingerprint density at radius 3 is 2.63 bits per heavy atom. The lowest BCUT2D eigenvalue weighted by atomic mass is 9.91. The van der Waals surface area contributed by atoms with Gasteiger partial charge in [-0.2, -0.15) is 0 Å². The lowest BCUT2D eigenvalue weighted by molar-refractivity contribution is -0.117. The highest BCUT2D eigenvalue weighted by Gasteiger charge is 2.24. The molecule has 0 aromatic heterocycles. The number of benzene rings is 2. The summed E-state index contributed by atoms with van der Waals surface area (Å²) in [6, 6.07) is 15.7. The first-order chi connectivity index (χ1) is 14.5. The summed E-state index contributed by atoms with van der Waals surface area (Å²) in [4.78, 5) is 27.8. The standard InChI is InChI=1S/C23H29N5O2/c1-3-24-23(25-13-12-17-8-10-19(11-9-17)27-16(2)29)26-15-18-14-22(30)28-21-7-5-4-6-20(18)21/h4-11,18H,3,12-15H2,1-2H3,(H,27,29)(H,28,30)(H2,24,25,26). The van der Waals surface area contributed by atoms with Crippen molar-refractivity contribution in [1.29, 1.82) is 0 Å². The number of anilines is 2. The van der Waals surface area contributed by atoms with Crippen LogP contribution in [-0.4, -0.2) is 37.4 Å². The van der Waals surface area contributed by atoms with Gasteiger partial charge in [0.2, 0.25) is 11.8 Å². The summed E-state index contributed by atoms with van der Waals surface area (Å²) in [5.74, 6) is 0.783. The molecule has 0 fully saturated rings. The molecule has 1 heterocycles. The molecule has 4 N–H and O–H groups in total. The fourth-order valence-electron chi connectivity index (χ4n) is 3.49. The van der Waals surface area contributed by atoms with Crippen LogP contribution in [0, 0.1) is 0 Å². The van der Waals surface area contributed by atoms with Crippen molar-refractivity contribution in [2.45, 2.75) is 32.6 Å². The number of amides is 2. The van der Waals surface area contributed by atoms with E-state index in [0.29, 0.717) is 13.0 Å². The minimum atomic E-state index is -0.0750. The molecule has 0 spiro atoms. The SMILES string of the molecule is CCNC(=NCC1CC(=O)Nc2ccccc21)NCCc1ccc(NC(C)=O)cc1. The molecular formula is C23H29N5O2. The largest absolute Gasteiger partial charge is 0.357 e. The van der Waals surface area contributed by atoms with Gasteiger partial charge in [-0.05, 0) is 42.7 Å². The summed E-state index contributed by atoms with van der Waals surface area (Å²) >= 11 is 0. The van der Waals surface area contributed by atoms with Crippen molar-refractivity contribution in [3.8, 4) is 0 Å². The quantitative estimate of drug-likeness (QED) is 0.419. The maximum atomic E-state index is 12.0. The van der Waals surface area contributed by atoms with E-state index in [2.05, 4.69) is 27.3 Å². The number of rotatable bonds is 7. The van der Waals surface area contributed by atoms with Gasteiger partial charge in [0.15, 0.2) is 5.96 Å². The molecule has 2 aromatic rings. The van der Waals surface area contributed by atoms with Crippen molar-refractivity contribution < 1.29 is 9.59 Å². The Kier molecular flexibility index (Phi) is 7.43. The summed E-state index contributed by atoms with van der Waals surface area (Å²) in [6.07, 6.45) is 1.28. The molecule has 0 saturated carbocycles. The Hall–Kier alpha value is -3.35. The maximum absolute atomic E-state index is 12.0. The van der Waals surface area contributed by atoms with Gasteiger partial charge in [-0.15, -0.1) is 0 Å². The predicted molar refractivity (Wildman–Crippen MR) is 121 cm³/mol. The van der Waals surface area contributed by atoms with Crippen molar-refractivity contribution in [3.63, 3.8) is 0 Å². The first-order valence-electron chi connectivity index (χ1n) is 10.3. The van der Waals surface area contributed by atoms with Crippen molar-refractivity contribution in [2.75, 3.05) is 30.3 Å². The van der Waals surface area contributed by atoms with E-state index >= 15 is 0 Å². The van der Waals surface area contributed by atoms with E-state index in [1.54, 1.807) is 0 Å². The van der Waals surface area contributed by atoms with Gasteiger partial charge >= 0.3 is 0 Å². The average molecular weight is 408 g/mol. The molecule has 158 valence electrons. The Bertz CT molecular complexity index is 908. The highest BCUT2D eigenvalue weighted by molar-refractivity contribution is 5.94. The van der Waals surface area contributed by atoms with Crippen molar-refractivity contribution in [1.82, 2.24) is 10.6 Å². The highest BCUT2D eigenvalue weighted by atomic mass is 16.2. The molecule has 0 bridgehead atoms. The van der Waals surface area contributed by atoms with E-state index in [4.69, 9.17) is 4.99 Å². The third kappa shape index (κ3) is 6.07. The van der Waals surface area contributed by atoms with Gasteiger partial charge in [0.05, 0.1) is 6.54 Å². The van der Waals surface area contributed by atoms with E-state index < -0.39 is 0 Å². The Labute approximate surface area is 177 Å². The predicted octanol–water partition coefficient (Wildman–Crippen LogP) is 2.87. The normalized spacial score (nSPS) is 15.7. The first kappa shape index (κ1) is 21.4. The van der Waals surface area contributed by atoms with E-state index in [1.165, 1.54) is 12.5 Å². The smallest absolute Gasteiger partial charge is 0.225 e. The van der Waals surface area contributed by atoms with Crippen LogP contribution < -0.4 is 21.3 Å². The number of carbonyl (C=O) groups is 2. The number of carbonyl (C=O) groups excluding carboxylic acids is 2. The molecule has 2 aromatic carbocycles. The third-order valence-corrected chi connectivity index (χ3v) is 4.90. The van der Waals surface area contributed by atoms with Crippen LogP contribution in [0.3, 0.4) is 0 Å². The van der Waals surface area contributed by atoms with Crippen LogP contribution in [-0.2, 0) is 16.0 Å². The number of hydrogen-bond acceptors (Lipinski definition) is 3. The summed E-state index contributed by atoms with van der Waals surface area (Å²) in [5.41, 5.74) is 3.99. The van der Waals surface area contributed by atoms with Crippen molar-refractivity contribution in [2.24, 2.45) is 4.99 Å². The van der Waals surface area contributed by atoms with Crippen LogP contribution in [0.4, 0.5) is 11.4 Å². The van der Waals surface area contributed by atoms with Gasteiger partial charge < -0.3 is 21.3 Å². The number of nitrogens with zero attached hydrogens (tertiary/aromatic N) is 1. The zero-order valence-electron chi connectivity index (χ0n) is 17.5. The van der Waals surface area contributed by atoms with E-state index in [1.807, 2.05) is 49.4 Å². The van der Waals surface area contributed by atoms with Gasteiger partial charge in [0.25, 0.3) is 0 Å². The van der Waals surface area contributed by atoms with Gasteiger partial charge in [0, 0.05) is 43.7 Å². The molecule has 0 aliphatic carbocycles. The summed E-state index contributed by atoms with van der Waals surface area (Å²) in [6.45, 7) is 5.57. The van der Waals surface area contributed by atoms with Gasteiger partial charge in [-0.1, -0.05) is 30.3 Å². The Morgan fingerprint density at radius 2 is 1.90 bits per heavy atom.